The third-order valence-electron chi connectivity index (χ3n) is 11.3. The van der Waals surface area contributed by atoms with E-state index in [4.69, 9.17) is 9.47 Å². The van der Waals surface area contributed by atoms with E-state index in [-0.39, 0.29) is 11.9 Å². The topological polar surface area (TPSA) is 55.8 Å². The number of hydrogen-bond donors (Lipinski definition) is 0. The second-order valence-corrected chi connectivity index (χ2v) is 16.4. The molecule has 0 aliphatic carbocycles. The summed E-state index contributed by atoms with van der Waals surface area (Å²) in [7, 11) is 0. The summed E-state index contributed by atoms with van der Waals surface area (Å²) in [5.41, 5.74) is 8.42. The first-order valence-corrected chi connectivity index (χ1v) is 22.9. The van der Waals surface area contributed by atoms with Gasteiger partial charge in [-0.3, -0.25) is 9.59 Å². The van der Waals surface area contributed by atoms with E-state index in [0.29, 0.717) is 37.9 Å². The lowest BCUT2D eigenvalue weighted by atomic mass is 9.93. The van der Waals surface area contributed by atoms with Crippen molar-refractivity contribution in [1.82, 2.24) is 4.90 Å². The SMILES string of the molecule is C=C=C=C=CC(CCCCC)CCOC(=O)CCCCCCCCCC(CCCCCCCCCC(=O)OCCC(C)CCCCC)CN1CCCC1. The van der Waals surface area contributed by atoms with Crippen LogP contribution in [0.15, 0.2) is 29.8 Å². The van der Waals surface area contributed by atoms with Crippen LogP contribution in [-0.2, 0) is 19.1 Å². The van der Waals surface area contributed by atoms with Crippen LogP contribution in [0.5, 0.6) is 0 Å². The van der Waals surface area contributed by atoms with Gasteiger partial charge >= 0.3 is 11.9 Å². The molecule has 1 aliphatic heterocycles. The van der Waals surface area contributed by atoms with Gasteiger partial charge in [-0.15, -0.1) is 0 Å². The van der Waals surface area contributed by atoms with Crippen molar-refractivity contribution in [2.45, 2.75) is 213 Å². The van der Waals surface area contributed by atoms with Crippen LogP contribution in [0, 0.1) is 17.8 Å². The lowest BCUT2D eigenvalue weighted by Gasteiger charge is -2.23. The molecule has 306 valence electrons. The first-order chi connectivity index (χ1) is 26.0. The lowest BCUT2D eigenvalue weighted by Crippen LogP contribution is -2.26. The van der Waals surface area contributed by atoms with Gasteiger partial charge < -0.3 is 14.4 Å². The van der Waals surface area contributed by atoms with Gasteiger partial charge in [-0.1, -0.05) is 154 Å². The predicted molar refractivity (Wildman–Crippen MR) is 225 cm³/mol. The van der Waals surface area contributed by atoms with Crippen LogP contribution in [-0.4, -0.2) is 49.7 Å². The Morgan fingerprint density at radius 2 is 1.09 bits per heavy atom. The number of rotatable bonds is 37. The number of carbonyl (C=O) groups is 2. The van der Waals surface area contributed by atoms with Crippen molar-refractivity contribution in [3.05, 3.63) is 29.8 Å². The van der Waals surface area contributed by atoms with Crippen LogP contribution >= 0.6 is 0 Å². The Hall–Kier alpha value is -2.02. The summed E-state index contributed by atoms with van der Waals surface area (Å²) in [6.45, 7) is 15.3. The molecular formula is C48H85NO4. The third-order valence-corrected chi connectivity index (χ3v) is 11.3. The van der Waals surface area contributed by atoms with Gasteiger partial charge in [0.1, 0.15) is 0 Å². The Morgan fingerprint density at radius 3 is 1.62 bits per heavy atom. The average Bonchev–Trinajstić information content (AvgIpc) is 3.66. The molecule has 0 aromatic heterocycles. The van der Waals surface area contributed by atoms with Gasteiger partial charge in [-0.2, -0.15) is 0 Å². The standard InChI is InChI=1S/C48H85NO4/c1-5-8-21-30-44(4)37-41-52-47(50)35-26-19-15-11-13-17-24-33-46(43-49-39-28-29-40-49)34-25-18-14-12-16-20-27-36-48(51)53-42-38-45(31-22-9-6-2)32-23-10-7-3/h31,44-46H,2,5,7-8,10-21,23-30,32-43H2,1,3-4H3. The molecule has 3 atom stereocenters. The van der Waals surface area contributed by atoms with E-state index in [2.05, 4.69) is 49.4 Å². The van der Waals surface area contributed by atoms with Gasteiger partial charge in [0.25, 0.3) is 0 Å². The zero-order valence-electron chi connectivity index (χ0n) is 35.3. The smallest absolute Gasteiger partial charge is 0.305 e. The predicted octanol–water partition coefficient (Wildman–Crippen LogP) is 13.7. The Bertz CT molecular complexity index is 983. The minimum Gasteiger partial charge on any atom is -0.466 e. The van der Waals surface area contributed by atoms with Gasteiger partial charge in [0, 0.05) is 19.4 Å². The van der Waals surface area contributed by atoms with E-state index in [1.807, 2.05) is 6.08 Å². The van der Waals surface area contributed by atoms with Crippen molar-refractivity contribution in [3.8, 4) is 0 Å². The van der Waals surface area contributed by atoms with Crippen molar-refractivity contribution in [3.63, 3.8) is 0 Å². The summed E-state index contributed by atoms with van der Waals surface area (Å²) in [5.74, 6) is 1.83. The fourth-order valence-corrected chi connectivity index (χ4v) is 7.74. The van der Waals surface area contributed by atoms with E-state index in [9.17, 15) is 9.59 Å². The molecule has 0 radical (unpaired) electrons. The molecule has 1 heterocycles. The molecule has 5 nitrogen and oxygen atoms in total. The maximum absolute atomic E-state index is 12.3. The Labute approximate surface area is 328 Å². The monoisotopic (exact) mass is 740 g/mol. The highest BCUT2D eigenvalue weighted by Crippen LogP contribution is 2.23. The molecule has 0 aromatic carbocycles. The van der Waals surface area contributed by atoms with Crippen LogP contribution in [0.4, 0.5) is 0 Å². The van der Waals surface area contributed by atoms with Crippen LogP contribution < -0.4 is 0 Å². The van der Waals surface area contributed by atoms with Crippen LogP contribution in [0.1, 0.15) is 213 Å². The second kappa shape index (κ2) is 36.9. The van der Waals surface area contributed by atoms with Crippen molar-refractivity contribution in [2.75, 3.05) is 32.8 Å². The molecular weight excluding hydrogens is 655 g/mol. The normalized spacial score (nSPS) is 14.5. The van der Waals surface area contributed by atoms with E-state index >= 15 is 0 Å². The Kier molecular flexibility index (Phi) is 34.1. The summed E-state index contributed by atoms with van der Waals surface area (Å²) in [6, 6.07) is 0. The molecule has 1 rings (SSSR count). The number of allylic oxidation sites excluding steroid dienone is 1. The fourth-order valence-electron chi connectivity index (χ4n) is 7.74. The van der Waals surface area contributed by atoms with E-state index in [0.717, 1.165) is 50.9 Å². The van der Waals surface area contributed by atoms with Crippen molar-refractivity contribution >= 4 is 11.9 Å². The van der Waals surface area contributed by atoms with Crippen LogP contribution in [0.2, 0.25) is 0 Å². The minimum atomic E-state index is -0.0468. The zero-order valence-corrected chi connectivity index (χ0v) is 35.3. The number of unbranched alkanes of at least 4 members (excludes halogenated alkanes) is 16. The molecule has 0 saturated carbocycles. The molecule has 53 heavy (non-hydrogen) atoms. The molecule has 1 aliphatic rings. The maximum Gasteiger partial charge on any atom is 0.305 e. The van der Waals surface area contributed by atoms with Gasteiger partial charge in [0.05, 0.1) is 13.2 Å². The molecule has 1 fully saturated rings. The molecule has 1 saturated heterocycles. The van der Waals surface area contributed by atoms with Gasteiger partial charge in [0.15, 0.2) is 0 Å². The summed E-state index contributed by atoms with van der Waals surface area (Å²) in [5, 5.41) is 0. The molecule has 0 amide bonds. The Morgan fingerprint density at radius 1 is 0.623 bits per heavy atom. The molecule has 0 spiro atoms. The molecule has 0 aromatic rings. The summed E-state index contributed by atoms with van der Waals surface area (Å²) < 4.78 is 11.0. The third kappa shape index (κ3) is 32.0. The molecule has 0 bridgehead atoms. The first kappa shape index (κ1) is 49.0. The zero-order chi connectivity index (χ0) is 38.5. The largest absolute Gasteiger partial charge is 0.466 e. The highest BCUT2D eigenvalue weighted by atomic mass is 16.5. The average molecular weight is 740 g/mol. The van der Waals surface area contributed by atoms with Gasteiger partial charge in [-0.05, 0) is 107 Å². The highest BCUT2D eigenvalue weighted by molar-refractivity contribution is 5.69. The highest BCUT2D eigenvalue weighted by Gasteiger charge is 2.17. The number of ether oxygens (including phenoxy) is 2. The van der Waals surface area contributed by atoms with Crippen molar-refractivity contribution in [2.24, 2.45) is 17.8 Å². The summed E-state index contributed by atoms with van der Waals surface area (Å²) in [4.78, 5) is 27.1. The number of esters is 2. The van der Waals surface area contributed by atoms with Gasteiger partial charge in [0.2, 0.25) is 0 Å². The van der Waals surface area contributed by atoms with Crippen molar-refractivity contribution in [1.29, 1.82) is 0 Å². The first-order valence-electron chi connectivity index (χ1n) is 22.9. The number of hydrogen-bond acceptors (Lipinski definition) is 5. The number of carbonyl (C=O) groups excluding carboxylic acids is 2. The Balaban J connectivity index is 2.08. The quantitative estimate of drug-likeness (QED) is 0.0361. The van der Waals surface area contributed by atoms with Gasteiger partial charge in [-0.25, -0.2) is 0 Å². The van der Waals surface area contributed by atoms with Crippen molar-refractivity contribution < 1.29 is 19.1 Å². The summed E-state index contributed by atoms with van der Waals surface area (Å²) in [6.07, 6.45) is 37.7. The summed E-state index contributed by atoms with van der Waals surface area (Å²) >= 11 is 0. The fraction of sp³-hybridized carbons (Fsp3) is 0.854. The van der Waals surface area contributed by atoms with E-state index < -0.39 is 0 Å². The molecule has 0 N–H and O–H groups in total. The minimum absolute atomic E-state index is 0.00215. The van der Waals surface area contributed by atoms with Crippen LogP contribution in [0.25, 0.3) is 0 Å². The van der Waals surface area contributed by atoms with E-state index in [1.165, 1.54) is 154 Å². The number of nitrogens with zero attached hydrogens (tertiary/aromatic N) is 1. The van der Waals surface area contributed by atoms with Crippen LogP contribution in [0.3, 0.4) is 0 Å². The maximum atomic E-state index is 12.3. The second-order valence-electron chi connectivity index (χ2n) is 16.4. The molecule has 5 heteroatoms. The lowest BCUT2D eigenvalue weighted by molar-refractivity contribution is -0.145. The van der Waals surface area contributed by atoms with E-state index in [1.54, 1.807) is 0 Å². The number of likely N-dealkylation sites (tertiary alicyclic amines) is 1. The molecule has 3 unspecified atom stereocenters.